The van der Waals surface area contributed by atoms with Gasteiger partial charge in [-0.05, 0) is 25.1 Å². The predicted molar refractivity (Wildman–Crippen MR) is 78.3 cm³/mol. The van der Waals surface area contributed by atoms with E-state index in [-0.39, 0.29) is 11.5 Å². The number of nitrogens with two attached hydrogens (primary N) is 2. The van der Waals surface area contributed by atoms with E-state index in [2.05, 4.69) is 15.4 Å². The number of amides is 1. The molecule has 0 aliphatic carbocycles. The van der Waals surface area contributed by atoms with Gasteiger partial charge in [-0.25, -0.2) is 15.8 Å². The highest BCUT2D eigenvalue weighted by molar-refractivity contribution is 6.36. The zero-order valence-electron chi connectivity index (χ0n) is 10.4. The molecule has 1 aromatic heterocycles. The second kappa shape index (κ2) is 5.62. The van der Waals surface area contributed by atoms with Gasteiger partial charge in [0.1, 0.15) is 0 Å². The molecular weight excluding hydrogens is 301 g/mol. The number of halogens is 2. The summed E-state index contributed by atoms with van der Waals surface area (Å²) in [7, 11) is 0. The molecule has 1 aromatic carbocycles. The second-order valence-electron chi connectivity index (χ2n) is 3.99. The van der Waals surface area contributed by atoms with E-state index in [1.165, 1.54) is 0 Å². The number of rotatable bonds is 2. The van der Waals surface area contributed by atoms with Gasteiger partial charge in [0.05, 0.1) is 22.0 Å². The Balaban J connectivity index is 2.75. The third kappa shape index (κ3) is 2.67. The maximum absolute atomic E-state index is 11.9. The van der Waals surface area contributed by atoms with Crippen molar-refractivity contribution in [3.63, 3.8) is 0 Å². The Hall–Kier alpha value is -1.89. The number of aryl methyl sites for hydroxylation is 1. The molecule has 104 valence electrons. The molecule has 0 bridgehead atoms. The summed E-state index contributed by atoms with van der Waals surface area (Å²) in [5.41, 5.74) is 9.13. The fraction of sp³-hybridized carbons (Fsp3) is 0.0833. The molecule has 0 aliphatic rings. The van der Waals surface area contributed by atoms with Crippen molar-refractivity contribution < 1.29 is 4.79 Å². The quantitative estimate of drug-likeness (QED) is 0.446. The van der Waals surface area contributed by atoms with Crippen LogP contribution in [0.3, 0.4) is 0 Å². The Labute approximate surface area is 125 Å². The first-order chi connectivity index (χ1) is 9.43. The third-order valence-corrected chi connectivity index (χ3v) is 3.20. The van der Waals surface area contributed by atoms with Crippen molar-refractivity contribution in [1.29, 1.82) is 0 Å². The summed E-state index contributed by atoms with van der Waals surface area (Å²) in [5, 5.41) is 0.823. The lowest BCUT2D eigenvalue weighted by atomic mass is 10.0. The molecule has 0 spiro atoms. The molecule has 0 fully saturated rings. The number of hydrogen-bond acceptors (Lipinski definition) is 5. The van der Waals surface area contributed by atoms with Crippen molar-refractivity contribution in [3.8, 4) is 11.3 Å². The van der Waals surface area contributed by atoms with Crippen molar-refractivity contribution in [2.24, 2.45) is 5.84 Å². The Morgan fingerprint density at radius 2 is 2.00 bits per heavy atom. The van der Waals surface area contributed by atoms with Crippen LogP contribution >= 0.6 is 23.2 Å². The van der Waals surface area contributed by atoms with Crippen molar-refractivity contribution in [3.05, 3.63) is 39.5 Å². The van der Waals surface area contributed by atoms with Crippen LogP contribution in [-0.4, -0.2) is 15.9 Å². The zero-order valence-corrected chi connectivity index (χ0v) is 12.0. The van der Waals surface area contributed by atoms with Gasteiger partial charge in [-0.3, -0.25) is 10.2 Å². The number of nitrogens with one attached hydrogen (secondary N) is 1. The Morgan fingerprint density at radius 1 is 1.30 bits per heavy atom. The van der Waals surface area contributed by atoms with Crippen LogP contribution in [0.15, 0.2) is 18.2 Å². The summed E-state index contributed by atoms with van der Waals surface area (Å²) in [4.78, 5) is 19.9. The fourth-order valence-corrected chi connectivity index (χ4v) is 2.31. The van der Waals surface area contributed by atoms with Gasteiger partial charge in [-0.1, -0.05) is 23.2 Å². The number of carbonyl (C=O) groups is 1. The summed E-state index contributed by atoms with van der Waals surface area (Å²) < 4.78 is 0. The van der Waals surface area contributed by atoms with Crippen LogP contribution in [0.2, 0.25) is 10.0 Å². The number of nitrogens with zero attached hydrogens (tertiary/aromatic N) is 2. The molecule has 5 N–H and O–H groups in total. The van der Waals surface area contributed by atoms with Crippen LogP contribution in [-0.2, 0) is 0 Å². The van der Waals surface area contributed by atoms with E-state index < -0.39 is 5.91 Å². The molecule has 0 unspecified atom stereocenters. The summed E-state index contributed by atoms with van der Waals surface area (Å²) in [6.45, 7) is 1.63. The number of carbonyl (C=O) groups excluding carboxylic acids is 1. The lowest BCUT2D eigenvalue weighted by Crippen LogP contribution is -2.31. The Bertz CT molecular complexity index is 690. The summed E-state index contributed by atoms with van der Waals surface area (Å²) >= 11 is 12.0. The van der Waals surface area contributed by atoms with E-state index in [0.717, 1.165) is 0 Å². The number of hydrogen-bond donors (Lipinski definition) is 3. The van der Waals surface area contributed by atoms with Crippen molar-refractivity contribution >= 4 is 35.1 Å². The van der Waals surface area contributed by atoms with Crippen LogP contribution in [0.4, 0.5) is 5.95 Å². The molecule has 6 nitrogen and oxygen atoms in total. The Morgan fingerprint density at radius 3 is 2.60 bits per heavy atom. The van der Waals surface area contributed by atoms with Crippen LogP contribution in [0.1, 0.15) is 16.1 Å². The van der Waals surface area contributed by atoms with E-state index in [9.17, 15) is 4.79 Å². The van der Waals surface area contributed by atoms with Gasteiger partial charge >= 0.3 is 0 Å². The second-order valence-corrected chi connectivity index (χ2v) is 4.83. The Kier molecular flexibility index (Phi) is 4.08. The van der Waals surface area contributed by atoms with Gasteiger partial charge in [0.25, 0.3) is 5.91 Å². The molecule has 20 heavy (non-hydrogen) atoms. The largest absolute Gasteiger partial charge is 0.368 e. The highest BCUT2D eigenvalue weighted by Crippen LogP contribution is 2.32. The van der Waals surface area contributed by atoms with E-state index in [0.29, 0.717) is 27.0 Å². The minimum atomic E-state index is -0.525. The first kappa shape index (κ1) is 14.5. The molecule has 0 radical (unpaired) electrons. The van der Waals surface area contributed by atoms with Gasteiger partial charge in [0, 0.05) is 10.6 Å². The van der Waals surface area contributed by atoms with E-state index in [1.807, 2.05) is 0 Å². The molecule has 8 heteroatoms. The van der Waals surface area contributed by atoms with Gasteiger partial charge in [-0.2, -0.15) is 0 Å². The average molecular weight is 312 g/mol. The van der Waals surface area contributed by atoms with Gasteiger partial charge in [-0.15, -0.1) is 0 Å². The molecule has 2 rings (SSSR count). The van der Waals surface area contributed by atoms with Crippen LogP contribution in [0.25, 0.3) is 11.3 Å². The summed E-state index contributed by atoms with van der Waals surface area (Å²) in [5.74, 6) is 4.69. The maximum Gasteiger partial charge on any atom is 0.269 e. The van der Waals surface area contributed by atoms with Crippen molar-refractivity contribution in [2.75, 3.05) is 5.73 Å². The number of hydrazine groups is 1. The first-order valence-electron chi connectivity index (χ1n) is 5.54. The molecule has 0 aliphatic heterocycles. The van der Waals surface area contributed by atoms with Gasteiger partial charge in [0.2, 0.25) is 5.95 Å². The van der Waals surface area contributed by atoms with E-state index >= 15 is 0 Å². The summed E-state index contributed by atoms with van der Waals surface area (Å²) in [6.07, 6.45) is 0. The SMILES string of the molecule is Cc1nc(N)nc(-c2ccc(Cl)cc2Cl)c1C(=O)NN. The topological polar surface area (TPSA) is 107 Å². The molecule has 1 amide bonds. The number of benzene rings is 1. The average Bonchev–Trinajstić information content (AvgIpc) is 2.37. The monoisotopic (exact) mass is 311 g/mol. The smallest absolute Gasteiger partial charge is 0.269 e. The molecule has 0 saturated carbocycles. The lowest BCUT2D eigenvalue weighted by Gasteiger charge is -2.12. The van der Waals surface area contributed by atoms with E-state index in [4.69, 9.17) is 34.8 Å². The third-order valence-electron chi connectivity index (χ3n) is 2.65. The minimum Gasteiger partial charge on any atom is -0.368 e. The number of nitrogen functional groups attached to an aromatic ring is 2. The van der Waals surface area contributed by atoms with Crippen molar-refractivity contribution in [2.45, 2.75) is 6.92 Å². The standard InChI is InChI=1S/C12H11Cl2N5O/c1-5-9(11(20)19-16)10(18-12(15)17-5)7-3-2-6(13)4-8(7)14/h2-4H,16H2,1H3,(H,19,20)(H2,15,17,18). The highest BCUT2D eigenvalue weighted by Gasteiger charge is 2.20. The first-order valence-corrected chi connectivity index (χ1v) is 6.30. The molecule has 0 saturated heterocycles. The van der Waals surface area contributed by atoms with Crippen LogP contribution < -0.4 is 17.0 Å². The van der Waals surface area contributed by atoms with Crippen LogP contribution in [0, 0.1) is 6.92 Å². The van der Waals surface area contributed by atoms with Crippen LogP contribution in [0.5, 0.6) is 0 Å². The van der Waals surface area contributed by atoms with Gasteiger partial charge in [0.15, 0.2) is 0 Å². The minimum absolute atomic E-state index is 0.0390. The maximum atomic E-state index is 11.9. The van der Waals surface area contributed by atoms with E-state index in [1.54, 1.807) is 25.1 Å². The fourth-order valence-electron chi connectivity index (χ4n) is 1.81. The molecule has 2 aromatic rings. The molecular formula is C12H11Cl2N5O. The van der Waals surface area contributed by atoms with Crippen molar-refractivity contribution in [1.82, 2.24) is 15.4 Å². The normalized spacial score (nSPS) is 10.4. The number of anilines is 1. The number of aromatic nitrogens is 2. The lowest BCUT2D eigenvalue weighted by molar-refractivity contribution is 0.0953. The highest BCUT2D eigenvalue weighted by atomic mass is 35.5. The summed E-state index contributed by atoms with van der Waals surface area (Å²) in [6, 6.07) is 4.84. The molecule has 0 atom stereocenters. The predicted octanol–water partition coefficient (Wildman–Crippen LogP) is 1.94. The van der Waals surface area contributed by atoms with Gasteiger partial charge < -0.3 is 5.73 Å². The molecule has 1 heterocycles. The zero-order chi connectivity index (χ0) is 14.9.